The number of fused-ring (bicyclic) bond motifs is 1. The molecule has 0 bridgehead atoms. The Bertz CT molecular complexity index is 903. The van der Waals surface area contributed by atoms with Crippen LogP contribution < -0.4 is 28.4 Å². The van der Waals surface area contributed by atoms with E-state index in [1.54, 1.807) is 28.4 Å². The van der Waals surface area contributed by atoms with Gasteiger partial charge in [-0.3, -0.25) is 0 Å². The normalized spacial score (nSPS) is 21.8. The molecular weight excluding hydrogens is 404 g/mol. The Morgan fingerprint density at radius 2 is 1.48 bits per heavy atom. The first kappa shape index (κ1) is 21.4. The molecule has 2 aromatic carbocycles. The van der Waals surface area contributed by atoms with E-state index in [0.29, 0.717) is 53.9 Å². The first-order valence-corrected chi connectivity index (χ1v) is 10.1. The van der Waals surface area contributed by atoms with Gasteiger partial charge in [-0.25, -0.2) is 0 Å². The van der Waals surface area contributed by atoms with Crippen LogP contribution in [0.15, 0.2) is 24.3 Å². The van der Waals surface area contributed by atoms with Crippen LogP contribution in [0.1, 0.15) is 11.1 Å². The summed E-state index contributed by atoms with van der Waals surface area (Å²) in [6.45, 7) is 0.650. The van der Waals surface area contributed by atoms with Gasteiger partial charge in [-0.05, 0) is 54.2 Å². The first-order valence-electron chi connectivity index (χ1n) is 10.1. The van der Waals surface area contributed by atoms with Crippen molar-refractivity contribution in [3.8, 4) is 34.5 Å². The van der Waals surface area contributed by atoms with Gasteiger partial charge < -0.3 is 38.3 Å². The number of ether oxygens (including phenoxy) is 7. The largest absolute Gasteiger partial charge is 0.493 e. The molecule has 168 valence electrons. The van der Waals surface area contributed by atoms with Crippen molar-refractivity contribution in [2.24, 2.45) is 11.8 Å². The van der Waals surface area contributed by atoms with Crippen LogP contribution in [0.2, 0.25) is 0 Å². The first-order chi connectivity index (χ1) is 15.1. The molecule has 1 N–H and O–H groups in total. The van der Waals surface area contributed by atoms with Gasteiger partial charge in [-0.2, -0.15) is 0 Å². The molecule has 2 heterocycles. The Kier molecular flexibility index (Phi) is 6.29. The molecule has 8 heteroatoms. The lowest BCUT2D eigenvalue weighted by molar-refractivity contribution is -0.0820. The predicted molar refractivity (Wildman–Crippen MR) is 112 cm³/mol. The van der Waals surface area contributed by atoms with Crippen molar-refractivity contribution in [2.45, 2.75) is 19.1 Å². The Balaban J connectivity index is 1.56. The molecule has 31 heavy (non-hydrogen) atoms. The van der Waals surface area contributed by atoms with Crippen molar-refractivity contribution in [3.05, 3.63) is 35.4 Å². The fourth-order valence-electron chi connectivity index (χ4n) is 4.31. The van der Waals surface area contributed by atoms with Gasteiger partial charge in [-0.15, -0.1) is 0 Å². The molecule has 3 atom stereocenters. The molecule has 0 aromatic heterocycles. The van der Waals surface area contributed by atoms with E-state index in [-0.39, 0.29) is 18.6 Å². The Morgan fingerprint density at radius 1 is 0.839 bits per heavy atom. The van der Waals surface area contributed by atoms with E-state index in [2.05, 4.69) is 0 Å². The molecule has 0 saturated carbocycles. The van der Waals surface area contributed by atoms with E-state index < -0.39 is 6.29 Å². The van der Waals surface area contributed by atoms with E-state index >= 15 is 0 Å². The van der Waals surface area contributed by atoms with E-state index in [0.717, 1.165) is 11.1 Å². The second-order valence-electron chi connectivity index (χ2n) is 7.62. The maximum absolute atomic E-state index is 10.5. The molecule has 0 radical (unpaired) electrons. The highest BCUT2D eigenvalue weighted by atomic mass is 16.7. The third-order valence-electron chi connectivity index (χ3n) is 5.86. The molecule has 2 aromatic rings. The predicted octanol–water partition coefficient (Wildman–Crippen LogP) is 2.82. The molecular formula is C23H28O8. The Morgan fingerprint density at radius 3 is 2.13 bits per heavy atom. The number of benzene rings is 2. The molecule has 8 nitrogen and oxygen atoms in total. The van der Waals surface area contributed by atoms with Crippen molar-refractivity contribution in [1.29, 1.82) is 0 Å². The highest BCUT2D eigenvalue weighted by Gasteiger charge is 2.37. The number of methoxy groups -OCH3 is 4. The molecule has 0 amide bonds. The van der Waals surface area contributed by atoms with Crippen molar-refractivity contribution in [3.63, 3.8) is 0 Å². The summed E-state index contributed by atoms with van der Waals surface area (Å²) in [6, 6.07) is 7.74. The van der Waals surface area contributed by atoms with Crippen LogP contribution in [0, 0.1) is 11.8 Å². The lowest BCUT2D eigenvalue weighted by Crippen LogP contribution is -2.24. The lowest BCUT2D eigenvalue weighted by Gasteiger charge is -2.22. The zero-order valence-corrected chi connectivity index (χ0v) is 18.2. The second-order valence-corrected chi connectivity index (χ2v) is 7.62. The van der Waals surface area contributed by atoms with Crippen molar-refractivity contribution < 1.29 is 38.3 Å². The average molecular weight is 432 g/mol. The molecule has 0 unspecified atom stereocenters. The van der Waals surface area contributed by atoms with Gasteiger partial charge in [0.1, 0.15) is 0 Å². The number of aliphatic hydroxyl groups excluding tert-OH is 1. The summed E-state index contributed by atoms with van der Waals surface area (Å²) in [7, 11) is 6.36. The molecule has 1 saturated heterocycles. The number of aliphatic hydroxyl groups is 1. The standard InChI is InChI=1S/C23H28O8/c1-25-17-8-14(9-18(26-2)21(17)28-4)6-16-15(11-29-23(16)24)5-13-7-19(27-3)22-20(10-13)30-12-31-22/h7-10,15-16,23-24H,5-6,11-12H2,1-4H3/t15-,16+,23-/m0/s1. The summed E-state index contributed by atoms with van der Waals surface area (Å²) in [6.07, 6.45) is 0.462. The van der Waals surface area contributed by atoms with Crippen LogP contribution in [0.25, 0.3) is 0 Å². The number of rotatable bonds is 8. The van der Waals surface area contributed by atoms with Crippen LogP contribution in [0.4, 0.5) is 0 Å². The van der Waals surface area contributed by atoms with E-state index in [9.17, 15) is 5.11 Å². The van der Waals surface area contributed by atoms with E-state index in [1.165, 1.54) is 0 Å². The summed E-state index contributed by atoms with van der Waals surface area (Å²) in [5.41, 5.74) is 2.01. The fraction of sp³-hybridized carbons (Fsp3) is 0.478. The van der Waals surface area contributed by atoms with Crippen molar-refractivity contribution in [1.82, 2.24) is 0 Å². The summed E-state index contributed by atoms with van der Waals surface area (Å²) in [5, 5.41) is 10.5. The van der Waals surface area contributed by atoms with Gasteiger partial charge >= 0.3 is 0 Å². The molecule has 2 aliphatic rings. The number of hydrogen-bond acceptors (Lipinski definition) is 8. The van der Waals surface area contributed by atoms with Crippen LogP contribution in [-0.2, 0) is 17.6 Å². The third-order valence-corrected chi connectivity index (χ3v) is 5.86. The maximum Gasteiger partial charge on any atom is 0.231 e. The van der Waals surface area contributed by atoms with Crippen LogP contribution in [-0.4, -0.2) is 53.2 Å². The maximum atomic E-state index is 10.5. The van der Waals surface area contributed by atoms with Crippen LogP contribution in [0.3, 0.4) is 0 Å². The van der Waals surface area contributed by atoms with Gasteiger partial charge in [0.15, 0.2) is 29.3 Å². The monoisotopic (exact) mass is 432 g/mol. The number of hydrogen-bond donors (Lipinski definition) is 1. The van der Waals surface area contributed by atoms with Gasteiger partial charge in [-0.1, -0.05) is 0 Å². The summed E-state index contributed by atoms with van der Waals surface area (Å²) in [4.78, 5) is 0. The van der Waals surface area contributed by atoms with Gasteiger partial charge in [0.05, 0.1) is 35.0 Å². The molecule has 2 aliphatic heterocycles. The quantitative estimate of drug-likeness (QED) is 0.682. The molecule has 1 fully saturated rings. The van der Waals surface area contributed by atoms with Crippen molar-refractivity contribution in [2.75, 3.05) is 41.8 Å². The van der Waals surface area contributed by atoms with Crippen LogP contribution in [0.5, 0.6) is 34.5 Å². The van der Waals surface area contributed by atoms with E-state index in [4.69, 9.17) is 33.2 Å². The fourth-order valence-corrected chi connectivity index (χ4v) is 4.31. The van der Waals surface area contributed by atoms with Crippen molar-refractivity contribution >= 4 is 0 Å². The summed E-state index contributed by atoms with van der Waals surface area (Å²) < 4.78 is 38.4. The smallest absolute Gasteiger partial charge is 0.231 e. The van der Waals surface area contributed by atoms with Crippen LogP contribution >= 0.6 is 0 Å². The lowest BCUT2D eigenvalue weighted by atomic mass is 9.84. The molecule has 4 rings (SSSR count). The topological polar surface area (TPSA) is 84.8 Å². The highest BCUT2D eigenvalue weighted by Crippen LogP contribution is 2.44. The minimum Gasteiger partial charge on any atom is -0.493 e. The zero-order chi connectivity index (χ0) is 22.0. The van der Waals surface area contributed by atoms with Gasteiger partial charge in [0.2, 0.25) is 18.3 Å². The Hall–Kier alpha value is -2.84. The average Bonchev–Trinajstić information content (AvgIpc) is 3.39. The molecule has 0 spiro atoms. The van der Waals surface area contributed by atoms with Gasteiger partial charge in [0, 0.05) is 5.92 Å². The van der Waals surface area contributed by atoms with E-state index in [1.807, 2.05) is 24.3 Å². The minimum atomic E-state index is -0.847. The summed E-state index contributed by atoms with van der Waals surface area (Å²) in [5.74, 6) is 3.67. The third kappa shape index (κ3) is 4.18. The Labute approximate surface area is 181 Å². The molecule has 0 aliphatic carbocycles. The summed E-state index contributed by atoms with van der Waals surface area (Å²) >= 11 is 0. The second kappa shape index (κ2) is 9.11. The highest BCUT2D eigenvalue weighted by molar-refractivity contribution is 5.55. The zero-order valence-electron chi connectivity index (χ0n) is 18.2. The minimum absolute atomic E-state index is 0.0979. The SMILES string of the molecule is COc1cc(C[C@@H]2[C@@H](Cc3cc(OC)c4c(c3)OCO4)CO[C@@H]2O)cc(OC)c1OC. The van der Waals surface area contributed by atoms with Gasteiger partial charge in [0.25, 0.3) is 0 Å².